The second-order valence-electron chi connectivity index (χ2n) is 3.93. The molecule has 0 aromatic carbocycles. The fraction of sp³-hybridized carbons (Fsp3) is 0.583. The molecule has 84 valence electrons. The number of nitrogens with zero attached hydrogens (tertiary/aromatic N) is 1. The third-order valence-electron chi connectivity index (χ3n) is 2.00. The van der Waals surface area contributed by atoms with Crippen molar-refractivity contribution in [2.75, 3.05) is 13.2 Å². The van der Waals surface area contributed by atoms with Crippen molar-refractivity contribution in [3.63, 3.8) is 0 Å². The van der Waals surface area contributed by atoms with Crippen LogP contribution in [0.1, 0.15) is 26.3 Å². The molecule has 0 atom stereocenters. The van der Waals surface area contributed by atoms with Gasteiger partial charge in [0.05, 0.1) is 6.61 Å². The summed E-state index contributed by atoms with van der Waals surface area (Å²) in [5, 5.41) is 3.38. The molecule has 1 aromatic heterocycles. The normalized spacial score (nSPS) is 10.7. The van der Waals surface area contributed by atoms with Crippen LogP contribution in [0.3, 0.4) is 0 Å². The van der Waals surface area contributed by atoms with Gasteiger partial charge in [0.15, 0.2) is 0 Å². The summed E-state index contributed by atoms with van der Waals surface area (Å²) < 4.78 is 5.44. The largest absolute Gasteiger partial charge is 0.478 e. The molecule has 0 fully saturated rings. The summed E-state index contributed by atoms with van der Waals surface area (Å²) in [4.78, 5) is 4.20. The topological polar surface area (TPSA) is 34.1 Å². The van der Waals surface area contributed by atoms with E-state index in [0.29, 0.717) is 12.5 Å². The molecule has 1 heterocycles. The summed E-state index contributed by atoms with van der Waals surface area (Å²) in [5.41, 5.74) is 1.12. The molecule has 0 saturated carbocycles. The fourth-order valence-corrected chi connectivity index (χ4v) is 1.32. The van der Waals surface area contributed by atoms with E-state index in [2.05, 4.69) is 24.1 Å². The van der Waals surface area contributed by atoms with Crippen LogP contribution in [-0.2, 0) is 6.54 Å². The molecule has 0 aliphatic rings. The summed E-state index contributed by atoms with van der Waals surface area (Å²) in [6.45, 7) is 8.86. The van der Waals surface area contributed by atoms with Crippen molar-refractivity contribution in [1.82, 2.24) is 10.3 Å². The molecule has 0 unspecified atom stereocenters. The highest BCUT2D eigenvalue weighted by Crippen LogP contribution is 2.13. The van der Waals surface area contributed by atoms with E-state index in [9.17, 15) is 0 Å². The molecule has 3 heteroatoms. The van der Waals surface area contributed by atoms with Crippen LogP contribution in [-0.4, -0.2) is 18.1 Å². The number of pyridine rings is 1. The zero-order valence-electron chi connectivity index (χ0n) is 9.79. The first-order chi connectivity index (χ1) is 7.24. The molecule has 3 nitrogen and oxygen atoms in total. The number of hydrogen-bond donors (Lipinski definition) is 1. The van der Waals surface area contributed by atoms with Crippen LogP contribution in [0, 0.1) is 5.92 Å². The molecule has 0 aliphatic heterocycles. The van der Waals surface area contributed by atoms with Gasteiger partial charge in [0.1, 0.15) is 0 Å². The smallest absolute Gasteiger partial charge is 0.217 e. The van der Waals surface area contributed by atoms with Crippen LogP contribution in [0.15, 0.2) is 18.3 Å². The third kappa shape index (κ3) is 4.30. The van der Waals surface area contributed by atoms with Crippen LogP contribution in [0.4, 0.5) is 0 Å². The Kier molecular flexibility index (Phi) is 5.12. The van der Waals surface area contributed by atoms with Crippen molar-refractivity contribution >= 4 is 0 Å². The quantitative estimate of drug-likeness (QED) is 0.778. The number of rotatable bonds is 6. The standard InChI is InChI=1S/C12H20N2O/c1-4-15-12-11(6-5-7-14-12)9-13-8-10(2)3/h5-7,10,13H,4,8-9H2,1-3H3. The van der Waals surface area contributed by atoms with Crippen molar-refractivity contribution in [1.29, 1.82) is 0 Å². The summed E-state index contributed by atoms with van der Waals surface area (Å²) in [6, 6.07) is 3.99. The van der Waals surface area contributed by atoms with Crippen molar-refractivity contribution in [3.8, 4) is 5.88 Å². The van der Waals surface area contributed by atoms with E-state index in [-0.39, 0.29) is 0 Å². The van der Waals surface area contributed by atoms with Gasteiger partial charge in [-0.1, -0.05) is 19.9 Å². The number of hydrogen-bond acceptors (Lipinski definition) is 3. The fourth-order valence-electron chi connectivity index (χ4n) is 1.32. The lowest BCUT2D eigenvalue weighted by molar-refractivity contribution is 0.321. The highest BCUT2D eigenvalue weighted by Gasteiger charge is 2.03. The summed E-state index contributed by atoms with van der Waals surface area (Å²) in [7, 11) is 0. The molecule has 0 saturated heterocycles. The average molecular weight is 208 g/mol. The number of ether oxygens (including phenoxy) is 1. The first kappa shape index (κ1) is 12.0. The van der Waals surface area contributed by atoms with Crippen molar-refractivity contribution in [2.45, 2.75) is 27.3 Å². The van der Waals surface area contributed by atoms with E-state index in [1.165, 1.54) is 0 Å². The van der Waals surface area contributed by atoms with Crippen LogP contribution < -0.4 is 10.1 Å². The molecule has 15 heavy (non-hydrogen) atoms. The monoisotopic (exact) mass is 208 g/mol. The Hall–Kier alpha value is -1.09. The second kappa shape index (κ2) is 6.40. The maximum atomic E-state index is 5.44. The zero-order chi connectivity index (χ0) is 11.1. The van der Waals surface area contributed by atoms with Crippen LogP contribution in [0.5, 0.6) is 5.88 Å². The highest BCUT2D eigenvalue weighted by atomic mass is 16.5. The molecule has 0 aliphatic carbocycles. The molecule has 0 bridgehead atoms. The third-order valence-corrected chi connectivity index (χ3v) is 2.00. The molecular weight excluding hydrogens is 188 g/mol. The van der Waals surface area contributed by atoms with Crippen LogP contribution in [0.2, 0.25) is 0 Å². The van der Waals surface area contributed by atoms with Crippen LogP contribution in [0.25, 0.3) is 0 Å². The Bertz CT molecular complexity index is 287. The van der Waals surface area contributed by atoms with E-state index in [0.717, 1.165) is 24.5 Å². The van der Waals surface area contributed by atoms with Gasteiger partial charge in [-0.3, -0.25) is 0 Å². The molecule has 0 amide bonds. The van der Waals surface area contributed by atoms with Gasteiger partial charge in [0.2, 0.25) is 5.88 Å². The van der Waals surface area contributed by atoms with E-state index < -0.39 is 0 Å². The lowest BCUT2D eigenvalue weighted by Crippen LogP contribution is -2.19. The van der Waals surface area contributed by atoms with Gasteiger partial charge in [-0.2, -0.15) is 0 Å². The lowest BCUT2D eigenvalue weighted by Gasteiger charge is -2.10. The van der Waals surface area contributed by atoms with Crippen molar-refractivity contribution < 1.29 is 4.74 Å². The maximum Gasteiger partial charge on any atom is 0.217 e. The highest BCUT2D eigenvalue weighted by molar-refractivity contribution is 5.25. The Balaban J connectivity index is 2.51. The van der Waals surface area contributed by atoms with Gasteiger partial charge < -0.3 is 10.1 Å². The summed E-state index contributed by atoms with van der Waals surface area (Å²) in [5.74, 6) is 1.41. The number of nitrogens with one attached hydrogen (secondary N) is 1. The Morgan fingerprint density at radius 1 is 1.47 bits per heavy atom. The SMILES string of the molecule is CCOc1ncccc1CNCC(C)C. The van der Waals surface area contributed by atoms with Gasteiger partial charge in [-0.05, 0) is 25.5 Å². The number of aromatic nitrogens is 1. The van der Waals surface area contributed by atoms with Gasteiger partial charge in [0, 0.05) is 18.3 Å². The second-order valence-corrected chi connectivity index (χ2v) is 3.93. The van der Waals surface area contributed by atoms with Gasteiger partial charge >= 0.3 is 0 Å². The molecule has 0 spiro atoms. The van der Waals surface area contributed by atoms with Crippen LogP contribution >= 0.6 is 0 Å². The van der Waals surface area contributed by atoms with Crippen molar-refractivity contribution in [2.24, 2.45) is 5.92 Å². The maximum absolute atomic E-state index is 5.44. The van der Waals surface area contributed by atoms with E-state index in [1.54, 1.807) is 6.20 Å². The molecule has 1 aromatic rings. The average Bonchev–Trinajstić information content (AvgIpc) is 2.20. The minimum Gasteiger partial charge on any atom is -0.478 e. The predicted octanol–water partition coefficient (Wildman–Crippen LogP) is 2.23. The molecule has 0 radical (unpaired) electrons. The molecular formula is C12H20N2O. The zero-order valence-corrected chi connectivity index (χ0v) is 9.79. The minimum atomic E-state index is 0.661. The van der Waals surface area contributed by atoms with Gasteiger partial charge in [0.25, 0.3) is 0 Å². The van der Waals surface area contributed by atoms with Crippen molar-refractivity contribution in [3.05, 3.63) is 23.9 Å². The Morgan fingerprint density at radius 2 is 2.27 bits per heavy atom. The Labute approximate surface area is 91.9 Å². The van der Waals surface area contributed by atoms with Gasteiger partial charge in [-0.25, -0.2) is 4.98 Å². The van der Waals surface area contributed by atoms with E-state index in [4.69, 9.17) is 4.74 Å². The van der Waals surface area contributed by atoms with E-state index >= 15 is 0 Å². The molecule has 1 N–H and O–H groups in total. The molecule has 1 rings (SSSR count). The first-order valence-corrected chi connectivity index (χ1v) is 5.51. The van der Waals surface area contributed by atoms with Gasteiger partial charge in [-0.15, -0.1) is 0 Å². The summed E-state index contributed by atoms with van der Waals surface area (Å²) >= 11 is 0. The summed E-state index contributed by atoms with van der Waals surface area (Å²) in [6.07, 6.45) is 1.76. The predicted molar refractivity (Wildman–Crippen MR) is 62.0 cm³/mol. The minimum absolute atomic E-state index is 0.661. The Morgan fingerprint density at radius 3 is 2.93 bits per heavy atom. The lowest BCUT2D eigenvalue weighted by atomic mass is 10.2. The van der Waals surface area contributed by atoms with E-state index in [1.807, 2.05) is 19.1 Å². The first-order valence-electron chi connectivity index (χ1n) is 5.51.